The van der Waals surface area contributed by atoms with E-state index >= 15 is 0 Å². The van der Waals surface area contributed by atoms with Gasteiger partial charge in [0.15, 0.2) is 0 Å². The van der Waals surface area contributed by atoms with Crippen molar-refractivity contribution in [2.45, 2.75) is 31.7 Å². The summed E-state index contributed by atoms with van der Waals surface area (Å²) >= 11 is 0. The first-order valence-electron chi connectivity index (χ1n) is 7.13. The zero-order valence-electron chi connectivity index (χ0n) is 12.7. The van der Waals surface area contributed by atoms with Crippen molar-refractivity contribution in [3.63, 3.8) is 0 Å². The van der Waals surface area contributed by atoms with Crippen molar-refractivity contribution in [2.24, 2.45) is 10.8 Å². The highest BCUT2D eigenvalue weighted by Gasteiger charge is 2.39. The van der Waals surface area contributed by atoms with Crippen molar-refractivity contribution in [3.05, 3.63) is 39.5 Å². The first kappa shape index (κ1) is 17.6. The van der Waals surface area contributed by atoms with Crippen LogP contribution < -0.4 is 5.73 Å². The Kier molecular flexibility index (Phi) is 4.99. The van der Waals surface area contributed by atoms with E-state index in [9.17, 15) is 22.8 Å². The van der Waals surface area contributed by atoms with E-state index in [-0.39, 0.29) is 19.4 Å². The van der Waals surface area contributed by atoms with Gasteiger partial charge in [0.1, 0.15) is 29.2 Å². The molecule has 2 N–H and O–H groups in total. The van der Waals surface area contributed by atoms with Crippen molar-refractivity contribution in [2.75, 3.05) is 6.54 Å². The topological polar surface area (TPSA) is 112 Å². The van der Waals surface area contributed by atoms with E-state index in [1.807, 2.05) is 0 Å². The van der Waals surface area contributed by atoms with E-state index in [0.717, 1.165) is 4.90 Å². The number of hydrogen-bond acceptors (Lipinski definition) is 3. The molecule has 0 bridgehead atoms. The first-order chi connectivity index (χ1) is 11.3. The summed E-state index contributed by atoms with van der Waals surface area (Å²) in [4.78, 5) is 26.9. The molecule has 24 heavy (non-hydrogen) atoms. The number of primary amides is 1. The fourth-order valence-electron chi connectivity index (χ4n) is 2.91. The molecule has 0 radical (unpaired) electrons. The van der Waals surface area contributed by atoms with Gasteiger partial charge >= 0.3 is 0 Å². The van der Waals surface area contributed by atoms with Gasteiger partial charge < -0.3 is 10.6 Å². The molecule has 10 heteroatoms. The average Bonchev–Trinajstić information content (AvgIpc) is 2.85. The molecular formula is C14H14F3N5O2. The third-order valence-electron chi connectivity index (χ3n) is 3.98. The number of benzene rings is 1. The normalized spacial score (nSPS) is 18.4. The van der Waals surface area contributed by atoms with E-state index in [1.54, 1.807) is 6.92 Å². The van der Waals surface area contributed by atoms with E-state index in [1.165, 1.54) is 0 Å². The number of carbonyl (C=O) groups excluding carboxylic acids is 2. The Balaban J connectivity index is 2.44. The van der Waals surface area contributed by atoms with Crippen molar-refractivity contribution in [1.29, 1.82) is 0 Å². The van der Waals surface area contributed by atoms with Crippen LogP contribution >= 0.6 is 0 Å². The van der Waals surface area contributed by atoms with Gasteiger partial charge in [0.05, 0.1) is 0 Å². The number of amides is 2. The Bertz CT molecular complexity index is 748. The van der Waals surface area contributed by atoms with Crippen molar-refractivity contribution < 1.29 is 22.8 Å². The Morgan fingerprint density at radius 3 is 2.71 bits per heavy atom. The number of azide groups is 1. The Hall–Kier alpha value is -2.74. The van der Waals surface area contributed by atoms with Crippen LogP contribution in [0.3, 0.4) is 0 Å². The predicted molar refractivity (Wildman–Crippen MR) is 77.5 cm³/mol. The van der Waals surface area contributed by atoms with Gasteiger partial charge in [0.2, 0.25) is 11.8 Å². The lowest BCUT2D eigenvalue weighted by atomic mass is 9.96. The zero-order valence-corrected chi connectivity index (χ0v) is 12.7. The molecule has 1 heterocycles. The number of hydrogen-bond donors (Lipinski definition) is 1. The van der Waals surface area contributed by atoms with Crippen LogP contribution in [0.25, 0.3) is 10.4 Å². The van der Waals surface area contributed by atoms with Gasteiger partial charge in [-0.15, -0.1) is 0 Å². The Labute approximate surface area is 134 Å². The lowest BCUT2D eigenvalue weighted by Gasteiger charge is -2.24. The summed E-state index contributed by atoms with van der Waals surface area (Å²) in [6, 6.07) is -0.480. The van der Waals surface area contributed by atoms with E-state index in [2.05, 4.69) is 10.0 Å². The fourth-order valence-corrected chi connectivity index (χ4v) is 2.91. The van der Waals surface area contributed by atoms with E-state index < -0.39 is 52.5 Å². The third kappa shape index (κ3) is 3.00. The summed E-state index contributed by atoms with van der Waals surface area (Å²) in [7, 11) is 0. The standard InChI is InChI=1S/C14H14F3N5O2/c1-2-9(14(18)24)22-5-6(3-10(22)23)11-7(15)4-8(16)13(12(11)17)20-21-19/h4,6,9H,2-3,5H2,1H3,(H2,18,24). The number of likely N-dealkylation sites (tertiary alicyclic amines) is 1. The Morgan fingerprint density at radius 2 is 2.17 bits per heavy atom. The second-order valence-corrected chi connectivity index (χ2v) is 5.38. The molecule has 128 valence electrons. The molecule has 1 saturated heterocycles. The molecule has 2 rings (SSSR count). The molecule has 2 unspecified atom stereocenters. The minimum Gasteiger partial charge on any atom is -0.368 e. The molecule has 2 atom stereocenters. The van der Waals surface area contributed by atoms with E-state index in [4.69, 9.17) is 11.3 Å². The maximum absolute atomic E-state index is 14.4. The lowest BCUT2D eigenvalue weighted by Crippen LogP contribution is -2.45. The van der Waals surface area contributed by atoms with Gasteiger partial charge in [-0.25, -0.2) is 13.2 Å². The summed E-state index contributed by atoms with van der Waals surface area (Å²) in [5, 5.41) is 2.89. The quantitative estimate of drug-likeness (QED) is 0.504. The Morgan fingerprint density at radius 1 is 1.50 bits per heavy atom. The van der Waals surface area contributed by atoms with Gasteiger partial charge in [-0.05, 0) is 12.0 Å². The fraction of sp³-hybridized carbons (Fsp3) is 0.429. The zero-order chi connectivity index (χ0) is 18.0. The molecule has 2 amide bonds. The number of rotatable bonds is 5. The summed E-state index contributed by atoms with van der Waals surface area (Å²) in [6.45, 7) is 1.50. The second-order valence-electron chi connectivity index (χ2n) is 5.38. The molecule has 1 aliphatic rings. The molecule has 0 saturated carbocycles. The smallest absolute Gasteiger partial charge is 0.240 e. The summed E-state index contributed by atoms with van der Waals surface area (Å²) in [5.41, 5.74) is 12.1. The van der Waals surface area contributed by atoms with Crippen molar-refractivity contribution >= 4 is 17.5 Å². The maximum Gasteiger partial charge on any atom is 0.240 e. The van der Waals surface area contributed by atoms with Gasteiger partial charge in [-0.1, -0.05) is 12.0 Å². The molecule has 0 aliphatic carbocycles. The number of halogens is 3. The van der Waals surface area contributed by atoms with Gasteiger partial charge in [0.25, 0.3) is 0 Å². The largest absolute Gasteiger partial charge is 0.368 e. The molecule has 0 aromatic heterocycles. The molecular weight excluding hydrogens is 327 g/mol. The first-order valence-corrected chi connectivity index (χ1v) is 7.13. The number of carbonyl (C=O) groups is 2. The lowest BCUT2D eigenvalue weighted by molar-refractivity contribution is -0.136. The van der Waals surface area contributed by atoms with Crippen LogP contribution in [0, 0.1) is 17.5 Å². The molecule has 1 aromatic carbocycles. The van der Waals surface area contributed by atoms with Crippen LogP contribution in [0.5, 0.6) is 0 Å². The minimum atomic E-state index is -1.35. The van der Waals surface area contributed by atoms with Crippen molar-refractivity contribution in [3.8, 4) is 0 Å². The molecule has 1 aromatic rings. The molecule has 1 aliphatic heterocycles. The van der Waals surface area contributed by atoms with Crippen LogP contribution in [0.15, 0.2) is 11.2 Å². The average molecular weight is 341 g/mol. The third-order valence-corrected chi connectivity index (χ3v) is 3.98. The van der Waals surface area contributed by atoms with Crippen LogP contribution in [0.1, 0.15) is 31.2 Å². The highest BCUT2D eigenvalue weighted by molar-refractivity contribution is 5.88. The predicted octanol–water partition coefficient (Wildman–Crippen LogP) is 2.63. The highest BCUT2D eigenvalue weighted by Crippen LogP contribution is 2.37. The summed E-state index contributed by atoms with van der Waals surface area (Å²) in [6.07, 6.45) is -0.00882. The van der Waals surface area contributed by atoms with Crippen LogP contribution in [-0.2, 0) is 9.59 Å². The monoisotopic (exact) mass is 341 g/mol. The molecule has 0 spiro atoms. The van der Waals surface area contributed by atoms with Crippen LogP contribution in [0.4, 0.5) is 18.9 Å². The maximum atomic E-state index is 14.4. The van der Waals surface area contributed by atoms with Crippen LogP contribution in [-0.4, -0.2) is 29.3 Å². The SMILES string of the molecule is CCC(C(N)=O)N1CC(c2c(F)cc(F)c(N=[N+]=[N-])c2F)CC1=O. The van der Waals surface area contributed by atoms with E-state index in [0.29, 0.717) is 6.07 Å². The summed E-state index contributed by atoms with van der Waals surface area (Å²) < 4.78 is 41.9. The van der Waals surface area contributed by atoms with Gasteiger partial charge in [-0.3, -0.25) is 9.59 Å². The second kappa shape index (κ2) is 6.79. The number of nitrogens with two attached hydrogens (primary N) is 1. The summed E-state index contributed by atoms with van der Waals surface area (Å²) in [5.74, 6) is -6.03. The van der Waals surface area contributed by atoms with Crippen LogP contribution in [0.2, 0.25) is 0 Å². The highest BCUT2D eigenvalue weighted by atomic mass is 19.1. The minimum absolute atomic E-state index is 0.143. The van der Waals surface area contributed by atoms with Crippen molar-refractivity contribution in [1.82, 2.24) is 4.90 Å². The number of nitrogens with zero attached hydrogens (tertiary/aromatic N) is 4. The van der Waals surface area contributed by atoms with Gasteiger partial charge in [-0.2, -0.15) is 0 Å². The molecule has 7 nitrogen and oxygen atoms in total. The molecule has 1 fully saturated rings. The van der Waals surface area contributed by atoms with Gasteiger partial charge in [0, 0.05) is 35.4 Å².